The summed E-state index contributed by atoms with van der Waals surface area (Å²) in [5.41, 5.74) is 0. The van der Waals surface area contributed by atoms with Crippen LogP contribution in [0.3, 0.4) is 0 Å². The number of nitrogens with zero attached hydrogens (tertiary/aromatic N) is 1. The van der Waals surface area contributed by atoms with Gasteiger partial charge in [-0.05, 0) is 37.8 Å². The van der Waals surface area contributed by atoms with Crippen molar-refractivity contribution >= 4 is 0 Å². The molecule has 0 atom stereocenters. The first kappa shape index (κ1) is 7.63. The van der Waals surface area contributed by atoms with Gasteiger partial charge in [0.15, 0.2) is 0 Å². The van der Waals surface area contributed by atoms with E-state index in [4.69, 9.17) is 4.42 Å². The van der Waals surface area contributed by atoms with Crippen LogP contribution in [0.5, 0.6) is 0 Å². The number of rotatable bonds is 2. The van der Waals surface area contributed by atoms with Crippen molar-refractivity contribution in [1.29, 1.82) is 0 Å². The molecule has 3 rings (SSSR count). The van der Waals surface area contributed by atoms with Gasteiger partial charge in [-0.1, -0.05) is 0 Å². The Bertz CT molecular complexity index is 260. The van der Waals surface area contributed by atoms with Crippen LogP contribution in [0.2, 0.25) is 0 Å². The minimum Gasteiger partial charge on any atom is -0.468 e. The Balaban J connectivity index is 1.73. The second kappa shape index (κ2) is 2.88. The summed E-state index contributed by atoms with van der Waals surface area (Å²) in [6.45, 7) is 1.03. The summed E-state index contributed by atoms with van der Waals surface area (Å²) in [6.07, 6.45) is 7.40. The lowest BCUT2D eigenvalue weighted by atomic mass is 10.0. The van der Waals surface area contributed by atoms with Gasteiger partial charge >= 0.3 is 0 Å². The quantitative estimate of drug-likeness (QED) is 0.689. The van der Waals surface area contributed by atoms with E-state index in [0.717, 1.165) is 24.4 Å². The first-order chi connectivity index (χ1) is 6.43. The number of hydrogen-bond donors (Lipinski definition) is 0. The molecular weight excluding hydrogens is 162 g/mol. The molecule has 0 N–H and O–H groups in total. The molecule has 2 nitrogen and oxygen atoms in total. The van der Waals surface area contributed by atoms with Crippen molar-refractivity contribution in [2.45, 2.75) is 44.3 Å². The SMILES string of the molecule is c1coc(CN2C3CCC2CC3)c1. The zero-order chi connectivity index (χ0) is 8.67. The van der Waals surface area contributed by atoms with Crippen molar-refractivity contribution in [1.82, 2.24) is 4.90 Å². The summed E-state index contributed by atoms with van der Waals surface area (Å²) in [7, 11) is 0. The highest BCUT2D eigenvalue weighted by molar-refractivity contribution is 5.02. The molecule has 0 radical (unpaired) electrons. The van der Waals surface area contributed by atoms with Crippen LogP contribution < -0.4 is 0 Å². The lowest BCUT2D eigenvalue weighted by Crippen LogP contribution is -2.27. The number of fused-ring (bicyclic) bond motifs is 2. The standard InChI is InChI=1S/C11H15NO/c1-2-11(13-7-1)8-12-9-3-4-10(12)6-5-9/h1-2,7,9-10H,3-6,8H2. The van der Waals surface area contributed by atoms with Gasteiger partial charge in [0.1, 0.15) is 5.76 Å². The Morgan fingerprint density at radius 3 is 2.46 bits per heavy atom. The van der Waals surface area contributed by atoms with E-state index in [9.17, 15) is 0 Å². The minimum absolute atomic E-state index is 0.857. The highest BCUT2D eigenvalue weighted by Crippen LogP contribution is 2.38. The van der Waals surface area contributed by atoms with Gasteiger partial charge in [-0.3, -0.25) is 4.90 Å². The third-order valence-electron chi connectivity index (χ3n) is 3.52. The summed E-state index contributed by atoms with van der Waals surface area (Å²) in [5.74, 6) is 1.12. The third-order valence-corrected chi connectivity index (χ3v) is 3.52. The van der Waals surface area contributed by atoms with E-state index in [1.807, 2.05) is 6.07 Å². The van der Waals surface area contributed by atoms with Gasteiger partial charge in [-0.15, -0.1) is 0 Å². The minimum atomic E-state index is 0.857. The molecule has 2 heteroatoms. The van der Waals surface area contributed by atoms with Crippen LogP contribution in [-0.2, 0) is 6.54 Å². The van der Waals surface area contributed by atoms with Crippen molar-refractivity contribution in [3.8, 4) is 0 Å². The van der Waals surface area contributed by atoms with Crippen LogP contribution in [0.15, 0.2) is 22.8 Å². The van der Waals surface area contributed by atoms with Gasteiger partial charge in [0.2, 0.25) is 0 Å². The molecule has 2 saturated heterocycles. The van der Waals surface area contributed by atoms with Gasteiger partial charge in [0, 0.05) is 12.1 Å². The van der Waals surface area contributed by atoms with E-state index < -0.39 is 0 Å². The molecule has 70 valence electrons. The largest absolute Gasteiger partial charge is 0.468 e. The van der Waals surface area contributed by atoms with Crippen LogP contribution in [0.1, 0.15) is 31.4 Å². The lowest BCUT2D eigenvalue weighted by Gasteiger charge is -2.19. The Morgan fingerprint density at radius 1 is 1.23 bits per heavy atom. The number of furan rings is 1. The van der Waals surface area contributed by atoms with Gasteiger partial charge in [0.25, 0.3) is 0 Å². The fraction of sp³-hybridized carbons (Fsp3) is 0.636. The van der Waals surface area contributed by atoms with Gasteiger partial charge in [-0.2, -0.15) is 0 Å². The van der Waals surface area contributed by atoms with E-state index in [2.05, 4.69) is 11.0 Å². The molecule has 3 heterocycles. The maximum absolute atomic E-state index is 5.38. The summed E-state index contributed by atoms with van der Waals surface area (Å²) < 4.78 is 5.38. The van der Waals surface area contributed by atoms with Crippen LogP contribution in [0.4, 0.5) is 0 Å². The van der Waals surface area contributed by atoms with E-state index in [1.165, 1.54) is 25.7 Å². The Labute approximate surface area is 78.5 Å². The fourth-order valence-electron chi connectivity index (χ4n) is 2.86. The molecule has 2 fully saturated rings. The lowest BCUT2D eigenvalue weighted by molar-refractivity contribution is 0.223. The predicted molar refractivity (Wildman–Crippen MR) is 50.3 cm³/mol. The second-order valence-corrected chi connectivity index (χ2v) is 4.21. The summed E-state index contributed by atoms with van der Waals surface area (Å²) in [5, 5.41) is 0. The molecule has 0 saturated carbocycles. The monoisotopic (exact) mass is 177 g/mol. The third kappa shape index (κ3) is 1.20. The average molecular weight is 177 g/mol. The summed E-state index contributed by atoms with van der Waals surface area (Å²) >= 11 is 0. The van der Waals surface area contributed by atoms with Crippen molar-refractivity contribution in [2.24, 2.45) is 0 Å². The summed E-state index contributed by atoms with van der Waals surface area (Å²) in [4.78, 5) is 2.62. The van der Waals surface area contributed by atoms with Gasteiger partial charge in [0.05, 0.1) is 12.8 Å². The maximum Gasteiger partial charge on any atom is 0.117 e. The Hall–Kier alpha value is -0.760. The predicted octanol–water partition coefficient (Wildman–Crippen LogP) is 2.41. The van der Waals surface area contributed by atoms with Crippen LogP contribution in [0, 0.1) is 0 Å². The van der Waals surface area contributed by atoms with Crippen LogP contribution in [-0.4, -0.2) is 17.0 Å². The molecule has 13 heavy (non-hydrogen) atoms. The van der Waals surface area contributed by atoms with E-state index >= 15 is 0 Å². The first-order valence-electron chi connectivity index (χ1n) is 5.21. The molecule has 0 aromatic carbocycles. The summed E-state index contributed by atoms with van der Waals surface area (Å²) in [6, 6.07) is 5.77. The van der Waals surface area contributed by atoms with E-state index in [1.54, 1.807) is 6.26 Å². The maximum atomic E-state index is 5.38. The van der Waals surface area contributed by atoms with Crippen molar-refractivity contribution in [3.63, 3.8) is 0 Å². The normalized spacial score (nSPS) is 32.9. The van der Waals surface area contributed by atoms with Crippen molar-refractivity contribution in [3.05, 3.63) is 24.2 Å². The highest BCUT2D eigenvalue weighted by atomic mass is 16.3. The molecule has 0 unspecified atom stereocenters. The molecule has 2 aliphatic heterocycles. The first-order valence-corrected chi connectivity index (χ1v) is 5.21. The molecule has 2 aliphatic rings. The molecule has 1 aromatic heterocycles. The van der Waals surface area contributed by atoms with Crippen molar-refractivity contribution < 1.29 is 4.42 Å². The van der Waals surface area contributed by atoms with Crippen LogP contribution in [0.25, 0.3) is 0 Å². The molecular formula is C11H15NO. The van der Waals surface area contributed by atoms with Gasteiger partial charge in [-0.25, -0.2) is 0 Å². The van der Waals surface area contributed by atoms with Crippen molar-refractivity contribution in [2.75, 3.05) is 0 Å². The highest BCUT2D eigenvalue weighted by Gasteiger charge is 2.39. The zero-order valence-corrected chi connectivity index (χ0v) is 7.78. The van der Waals surface area contributed by atoms with Crippen LogP contribution >= 0.6 is 0 Å². The molecule has 1 aromatic rings. The van der Waals surface area contributed by atoms with Gasteiger partial charge < -0.3 is 4.42 Å². The Kier molecular flexibility index (Phi) is 1.69. The fourth-order valence-corrected chi connectivity index (χ4v) is 2.86. The zero-order valence-electron chi connectivity index (χ0n) is 7.78. The second-order valence-electron chi connectivity index (χ2n) is 4.21. The smallest absolute Gasteiger partial charge is 0.117 e. The number of hydrogen-bond acceptors (Lipinski definition) is 2. The molecule has 2 bridgehead atoms. The van der Waals surface area contributed by atoms with E-state index in [-0.39, 0.29) is 0 Å². The molecule has 0 spiro atoms. The molecule has 0 aliphatic carbocycles. The Morgan fingerprint density at radius 2 is 1.92 bits per heavy atom. The molecule has 0 amide bonds. The topological polar surface area (TPSA) is 16.4 Å². The average Bonchev–Trinajstić information content (AvgIpc) is 2.85. The van der Waals surface area contributed by atoms with E-state index in [0.29, 0.717) is 0 Å².